The molecule has 21 heavy (non-hydrogen) atoms. The van der Waals surface area contributed by atoms with Gasteiger partial charge in [0.15, 0.2) is 0 Å². The molecular formula is C17H26BNO2. The molecule has 0 aliphatic carbocycles. The first-order valence-electron chi connectivity index (χ1n) is 8.03. The van der Waals surface area contributed by atoms with E-state index in [1.807, 2.05) is 0 Å². The Bertz CT molecular complexity index is 476. The number of hydrogen-bond donors (Lipinski definition) is 1. The third kappa shape index (κ3) is 3.03. The molecule has 1 aromatic carbocycles. The van der Waals surface area contributed by atoms with Gasteiger partial charge in [-0.05, 0) is 70.6 Å². The summed E-state index contributed by atoms with van der Waals surface area (Å²) in [6.07, 6.45) is 2.45. The van der Waals surface area contributed by atoms with E-state index in [4.69, 9.17) is 9.31 Å². The molecule has 0 spiro atoms. The zero-order valence-electron chi connectivity index (χ0n) is 13.6. The van der Waals surface area contributed by atoms with E-state index in [-0.39, 0.29) is 18.3 Å². The maximum atomic E-state index is 6.09. The highest BCUT2D eigenvalue weighted by atomic mass is 16.7. The summed E-state index contributed by atoms with van der Waals surface area (Å²) in [6.45, 7) is 10.7. The van der Waals surface area contributed by atoms with Crippen LogP contribution in [-0.4, -0.2) is 31.4 Å². The first kappa shape index (κ1) is 15.1. The molecule has 114 valence electrons. The molecule has 2 fully saturated rings. The van der Waals surface area contributed by atoms with E-state index in [9.17, 15) is 0 Å². The van der Waals surface area contributed by atoms with Crippen LogP contribution in [0.4, 0.5) is 0 Å². The summed E-state index contributed by atoms with van der Waals surface area (Å²) in [5.41, 5.74) is 1.98. The van der Waals surface area contributed by atoms with Gasteiger partial charge < -0.3 is 14.6 Å². The van der Waals surface area contributed by atoms with E-state index in [1.165, 1.54) is 12.0 Å². The smallest absolute Gasteiger partial charge is 0.399 e. The van der Waals surface area contributed by atoms with Gasteiger partial charge in [0.2, 0.25) is 0 Å². The molecule has 0 saturated carbocycles. The minimum Gasteiger partial charge on any atom is -0.399 e. The molecule has 1 aromatic rings. The summed E-state index contributed by atoms with van der Waals surface area (Å²) < 4.78 is 12.2. The minimum absolute atomic E-state index is 0.253. The monoisotopic (exact) mass is 287 g/mol. The lowest BCUT2D eigenvalue weighted by atomic mass is 9.78. The molecule has 2 saturated heterocycles. The Morgan fingerprint density at radius 3 is 2.24 bits per heavy atom. The van der Waals surface area contributed by atoms with Crippen LogP contribution < -0.4 is 10.8 Å². The summed E-state index contributed by atoms with van der Waals surface area (Å²) in [5, 5.41) is 3.43. The quantitative estimate of drug-likeness (QED) is 0.864. The molecule has 2 aliphatic heterocycles. The molecule has 0 bridgehead atoms. The summed E-state index contributed by atoms with van der Waals surface area (Å²) >= 11 is 0. The van der Waals surface area contributed by atoms with Crippen molar-refractivity contribution in [3.05, 3.63) is 29.8 Å². The average Bonchev–Trinajstić information content (AvgIpc) is 2.97. The Hall–Kier alpha value is -0.835. The van der Waals surface area contributed by atoms with Crippen LogP contribution in [0.5, 0.6) is 0 Å². The normalized spacial score (nSPS) is 27.2. The molecule has 1 atom stereocenters. The van der Waals surface area contributed by atoms with Gasteiger partial charge in [0, 0.05) is 0 Å². The summed E-state index contributed by atoms with van der Waals surface area (Å²) in [7, 11) is -0.253. The molecule has 4 heteroatoms. The van der Waals surface area contributed by atoms with E-state index in [1.54, 1.807) is 0 Å². The number of nitrogens with one attached hydrogen (secondary N) is 1. The maximum Gasteiger partial charge on any atom is 0.494 e. The first-order valence-corrected chi connectivity index (χ1v) is 8.03. The lowest BCUT2D eigenvalue weighted by molar-refractivity contribution is 0.00578. The van der Waals surface area contributed by atoms with Crippen molar-refractivity contribution < 1.29 is 9.31 Å². The predicted molar refractivity (Wildman–Crippen MR) is 86.8 cm³/mol. The van der Waals surface area contributed by atoms with Crippen LogP contribution in [0.1, 0.15) is 39.7 Å². The van der Waals surface area contributed by atoms with Crippen molar-refractivity contribution >= 4 is 12.6 Å². The van der Waals surface area contributed by atoms with Crippen LogP contribution in [0.25, 0.3) is 0 Å². The Kier molecular flexibility index (Phi) is 3.89. The van der Waals surface area contributed by atoms with Crippen molar-refractivity contribution in [1.82, 2.24) is 5.32 Å². The number of rotatable bonds is 3. The standard InChI is InChI=1S/C17H26BNO2/c1-16(2)17(3,4)21-18(20-16)15-7-5-13(6-8-15)11-14-9-10-19-12-14/h5-8,14,19H,9-12H2,1-4H3. The van der Waals surface area contributed by atoms with Crippen LogP contribution in [0.15, 0.2) is 24.3 Å². The van der Waals surface area contributed by atoms with Gasteiger partial charge in [0.25, 0.3) is 0 Å². The van der Waals surface area contributed by atoms with Gasteiger partial charge in [0.05, 0.1) is 11.2 Å². The molecule has 0 aromatic heterocycles. The largest absolute Gasteiger partial charge is 0.494 e. The summed E-state index contributed by atoms with van der Waals surface area (Å²) in [5.74, 6) is 0.785. The van der Waals surface area contributed by atoms with Gasteiger partial charge in [-0.2, -0.15) is 0 Å². The fourth-order valence-electron chi connectivity index (χ4n) is 3.01. The average molecular weight is 287 g/mol. The van der Waals surface area contributed by atoms with Crippen molar-refractivity contribution in [2.45, 2.75) is 51.7 Å². The van der Waals surface area contributed by atoms with Crippen molar-refractivity contribution in [3.63, 3.8) is 0 Å². The van der Waals surface area contributed by atoms with E-state index < -0.39 is 0 Å². The fourth-order valence-corrected chi connectivity index (χ4v) is 3.01. The second-order valence-electron chi connectivity index (χ2n) is 7.39. The van der Waals surface area contributed by atoms with Crippen molar-refractivity contribution in [2.75, 3.05) is 13.1 Å². The van der Waals surface area contributed by atoms with Crippen LogP contribution in [0.3, 0.4) is 0 Å². The third-order valence-electron chi connectivity index (χ3n) is 5.19. The highest BCUT2D eigenvalue weighted by Gasteiger charge is 2.51. The van der Waals surface area contributed by atoms with Crippen LogP contribution in [0, 0.1) is 5.92 Å². The molecular weight excluding hydrogens is 261 g/mol. The summed E-state index contributed by atoms with van der Waals surface area (Å²) in [4.78, 5) is 0. The Morgan fingerprint density at radius 1 is 1.10 bits per heavy atom. The second-order valence-corrected chi connectivity index (χ2v) is 7.39. The van der Waals surface area contributed by atoms with Crippen molar-refractivity contribution in [2.24, 2.45) is 5.92 Å². The Morgan fingerprint density at radius 2 is 1.71 bits per heavy atom. The van der Waals surface area contributed by atoms with Crippen molar-refractivity contribution in [3.8, 4) is 0 Å². The van der Waals surface area contributed by atoms with Crippen LogP contribution in [-0.2, 0) is 15.7 Å². The molecule has 1 N–H and O–H groups in total. The Balaban J connectivity index is 1.67. The van der Waals surface area contributed by atoms with Gasteiger partial charge in [-0.25, -0.2) is 0 Å². The molecule has 2 heterocycles. The van der Waals surface area contributed by atoms with Gasteiger partial charge in [0.1, 0.15) is 0 Å². The molecule has 3 nitrogen and oxygen atoms in total. The molecule has 2 aliphatic rings. The minimum atomic E-state index is -0.272. The van der Waals surface area contributed by atoms with E-state index in [2.05, 4.69) is 57.3 Å². The number of benzene rings is 1. The zero-order chi connectivity index (χ0) is 15.1. The van der Waals surface area contributed by atoms with E-state index in [0.29, 0.717) is 0 Å². The number of hydrogen-bond acceptors (Lipinski definition) is 3. The zero-order valence-corrected chi connectivity index (χ0v) is 13.6. The molecule has 3 rings (SSSR count). The predicted octanol–water partition coefficient (Wildman–Crippen LogP) is 2.14. The lowest BCUT2D eigenvalue weighted by Crippen LogP contribution is -2.41. The highest BCUT2D eigenvalue weighted by Crippen LogP contribution is 2.36. The maximum absolute atomic E-state index is 6.09. The van der Waals surface area contributed by atoms with Gasteiger partial charge in [-0.3, -0.25) is 0 Å². The SMILES string of the molecule is CC1(C)OB(c2ccc(CC3CCNC3)cc2)OC1(C)C. The molecule has 0 amide bonds. The topological polar surface area (TPSA) is 30.5 Å². The lowest BCUT2D eigenvalue weighted by Gasteiger charge is -2.32. The van der Waals surface area contributed by atoms with E-state index >= 15 is 0 Å². The fraction of sp³-hybridized carbons (Fsp3) is 0.647. The van der Waals surface area contributed by atoms with Crippen LogP contribution >= 0.6 is 0 Å². The van der Waals surface area contributed by atoms with Crippen LogP contribution in [0.2, 0.25) is 0 Å². The van der Waals surface area contributed by atoms with Gasteiger partial charge in [-0.1, -0.05) is 24.3 Å². The van der Waals surface area contributed by atoms with Gasteiger partial charge in [-0.15, -0.1) is 0 Å². The highest BCUT2D eigenvalue weighted by molar-refractivity contribution is 6.62. The van der Waals surface area contributed by atoms with E-state index in [0.717, 1.165) is 30.9 Å². The molecule has 0 radical (unpaired) electrons. The third-order valence-corrected chi connectivity index (χ3v) is 5.19. The molecule has 1 unspecified atom stereocenters. The first-order chi connectivity index (χ1) is 9.87. The second kappa shape index (κ2) is 5.42. The Labute approximate surface area is 128 Å². The van der Waals surface area contributed by atoms with Gasteiger partial charge >= 0.3 is 7.12 Å². The summed E-state index contributed by atoms with van der Waals surface area (Å²) in [6, 6.07) is 8.75. The van der Waals surface area contributed by atoms with Crippen molar-refractivity contribution in [1.29, 1.82) is 0 Å².